The zero-order valence-corrected chi connectivity index (χ0v) is 24.7. The number of benzene rings is 1. The van der Waals surface area contributed by atoms with Gasteiger partial charge in [-0.15, -0.1) is 13.2 Å². The van der Waals surface area contributed by atoms with Crippen molar-refractivity contribution in [2.45, 2.75) is 85.5 Å². The molecule has 2 aromatic rings. The molecule has 11 heteroatoms. The normalized spacial score (nSPS) is 16.4. The van der Waals surface area contributed by atoms with Crippen molar-refractivity contribution in [3.05, 3.63) is 42.6 Å². The molecule has 0 saturated carbocycles. The second-order valence-corrected chi connectivity index (χ2v) is 8.31. The van der Waals surface area contributed by atoms with E-state index >= 15 is 0 Å². The van der Waals surface area contributed by atoms with Crippen molar-refractivity contribution in [2.24, 2.45) is 11.7 Å². The van der Waals surface area contributed by atoms with Gasteiger partial charge >= 0.3 is 6.18 Å². The Hall–Kier alpha value is -3.34. The number of fused-ring (bicyclic) bond motifs is 1. The molecular weight excluding hydrogens is 527 g/mol. The Morgan fingerprint density at radius 3 is 2.27 bits per heavy atom. The lowest BCUT2D eigenvalue weighted by atomic mass is 9.94. The molecule has 0 bridgehead atoms. The van der Waals surface area contributed by atoms with Gasteiger partial charge in [0.15, 0.2) is 5.69 Å². The van der Waals surface area contributed by atoms with Crippen LogP contribution in [0.3, 0.4) is 0 Å². The average Bonchev–Trinajstić information content (AvgIpc) is 3.34. The molecule has 1 saturated heterocycles. The van der Waals surface area contributed by atoms with E-state index in [0.29, 0.717) is 32.3 Å². The zero-order valence-electron chi connectivity index (χ0n) is 24.7. The minimum absolute atomic E-state index is 0.00217. The first-order valence-corrected chi connectivity index (χ1v) is 13.4. The highest BCUT2D eigenvalue weighted by atomic mass is 19.4. The summed E-state index contributed by atoms with van der Waals surface area (Å²) < 4.78 is 43.9. The Morgan fingerprint density at radius 1 is 1.25 bits per heavy atom. The highest BCUT2D eigenvalue weighted by Crippen LogP contribution is 2.41. The quantitative estimate of drug-likeness (QED) is 0.277. The summed E-state index contributed by atoms with van der Waals surface area (Å²) in [5, 5.41) is 20.4. The number of pyridine rings is 1. The fraction of sp³-hybridized carbons (Fsp3) is 0.552. The number of ether oxygens (including phenoxy) is 1. The van der Waals surface area contributed by atoms with Crippen molar-refractivity contribution in [1.82, 2.24) is 9.88 Å². The summed E-state index contributed by atoms with van der Waals surface area (Å²) in [6.07, 6.45) is -2.91. The van der Waals surface area contributed by atoms with Crippen molar-refractivity contribution < 1.29 is 37.7 Å². The highest BCUT2D eigenvalue weighted by Gasteiger charge is 2.38. The van der Waals surface area contributed by atoms with Crippen LogP contribution in [0.5, 0.6) is 11.5 Å². The molecular formula is C29H46F3N3O5. The molecule has 1 aliphatic heterocycles. The molecule has 1 aromatic carbocycles. The molecule has 228 valence electrons. The van der Waals surface area contributed by atoms with Gasteiger partial charge in [-0.3, -0.25) is 9.59 Å². The number of alkyl halides is 3. The smallest absolute Gasteiger partial charge is 0.437 e. The van der Waals surface area contributed by atoms with E-state index < -0.39 is 23.7 Å². The number of aryl methyl sites for hydroxylation is 1. The zero-order chi connectivity index (χ0) is 31.6. The summed E-state index contributed by atoms with van der Waals surface area (Å²) in [6, 6.07) is 3.31. The summed E-state index contributed by atoms with van der Waals surface area (Å²) in [4.78, 5) is 26.7. The van der Waals surface area contributed by atoms with Crippen LogP contribution in [0.15, 0.2) is 31.4 Å². The molecule has 1 aromatic heterocycles. The van der Waals surface area contributed by atoms with Crippen molar-refractivity contribution in [3.8, 4) is 11.5 Å². The molecule has 1 amide bonds. The largest absolute Gasteiger partial charge is 0.508 e. The van der Waals surface area contributed by atoms with Gasteiger partial charge in [-0.2, -0.15) is 13.2 Å². The lowest BCUT2D eigenvalue weighted by molar-refractivity contribution is -0.142. The Bertz CT molecular complexity index is 1030. The van der Waals surface area contributed by atoms with Crippen LogP contribution in [-0.4, -0.2) is 58.2 Å². The van der Waals surface area contributed by atoms with Crippen LogP contribution in [0.4, 0.5) is 13.2 Å². The van der Waals surface area contributed by atoms with Gasteiger partial charge in [-0.1, -0.05) is 34.6 Å². The van der Waals surface area contributed by atoms with Crippen LogP contribution in [0.25, 0.3) is 10.9 Å². The molecule has 2 unspecified atom stereocenters. The van der Waals surface area contributed by atoms with Gasteiger partial charge in [0, 0.05) is 23.5 Å². The van der Waals surface area contributed by atoms with Gasteiger partial charge < -0.3 is 25.6 Å². The first-order chi connectivity index (χ1) is 18.9. The number of carbonyl (C=O) groups is 2. The number of aromatic nitrogens is 1. The molecule has 0 radical (unpaired) electrons. The fourth-order valence-corrected chi connectivity index (χ4v) is 4.15. The van der Waals surface area contributed by atoms with E-state index in [2.05, 4.69) is 22.9 Å². The third kappa shape index (κ3) is 11.0. The van der Waals surface area contributed by atoms with Gasteiger partial charge in [0.1, 0.15) is 11.5 Å². The number of nitrogens with zero attached hydrogens (tertiary/aromatic N) is 2. The number of hydrogen-bond donors (Lipinski definition) is 3. The Balaban J connectivity index is 0. The minimum Gasteiger partial charge on any atom is -0.508 e. The maximum atomic E-state index is 13.3. The van der Waals surface area contributed by atoms with Gasteiger partial charge in [-0.05, 0) is 56.7 Å². The summed E-state index contributed by atoms with van der Waals surface area (Å²) in [5.74, 6) is -1.08. The molecule has 0 aliphatic carbocycles. The number of carbonyl (C=O) groups excluding carboxylic acids is 2. The third-order valence-corrected chi connectivity index (χ3v) is 5.92. The fourth-order valence-electron chi connectivity index (χ4n) is 4.15. The molecule has 40 heavy (non-hydrogen) atoms. The predicted molar refractivity (Wildman–Crippen MR) is 153 cm³/mol. The molecule has 8 nitrogen and oxygen atoms in total. The van der Waals surface area contributed by atoms with Crippen LogP contribution in [0.1, 0.15) is 72.1 Å². The van der Waals surface area contributed by atoms with Gasteiger partial charge in [0.05, 0.1) is 18.7 Å². The van der Waals surface area contributed by atoms with E-state index in [1.54, 1.807) is 4.90 Å². The summed E-state index contributed by atoms with van der Waals surface area (Å²) in [6.45, 7) is 18.6. The lowest BCUT2D eigenvalue weighted by Gasteiger charge is -2.24. The van der Waals surface area contributed by atoms with Crippen molar-refractivity contribution in [2.75, 3.05) is 13.7 Å². The van der Waals surface area contributed by atoms with Crippen molar-refractivity contribution >= 4 is 23.3 Å². The monoisotopic (exact) mass is 573 g/mol. The van der Waals surface area contributed by atoms with Gasteiger partial charge in [0.2, 0.25) is 5.91 Å². The van der Waals surface area contributed by atoms with Crippen LogP contribution in [0, 0.1) is 5.92 Å². The number of hydrogen-bond acceptors (Lipinski definition) is 7. The first-order valence-electron chi connectivity index (χ1n) is 13.4. The lowest BCUT2D eigenvalue weighted by Crippen LogP contribution is -2.45. The van der Waals surface area contributed by atoms with E-state index in [9.17, 15) is 28.2 Å². The number of aromatic hydroxyl groups is 2. The molecule has 3 atom stereocenters. The third-order valence-electron chi connectivity index (χ3n) is 5.92. The number of nitrogens with two attached hydrogens (primary N) is 1. The van der Waals surface area contributed by atoms with Crippen LogP contribution < -0.4 is 5.73 Å². The van der Waals surface area contributed by atoms with E-state index in [0.717, 1.165) is 0 Å². The first kappa shape index (κ1) is 38.8. The number of amides is 1. The molecule has 2 heterocycles. The van der Waals surface area contributed by atoms with Crippen LogP contribution in [0.2, 0.25) is 0 Å². The number of phenols is 1. The standard InChI is InChI=1S/C21H26F3N3O3.C2H4O2.2C2H6.C2H4/c1-3-16(25)20(30)27-10-12(8-11(27)2)4-6-14-15-9-13(28)5-7-17(15)26-19(18(14)29)21(22,23)24;1-4-2-3;3*1-2/h5,7,9,11-12,16,28-29H,3-4,6,8,10,25H2,1-2H3;2H,1H3;2*1-2H3;1-2H2/t11?,12?,16-;;;;/m0..../s1. The minimum atomic E-state index is -4.80. The molecule has 4 N–H and O–H groups in total. The Labute approximate surface area is 236 Å². The van der Waals surface area contributed by atoms with Crippen LogP contribution >= 0.6 is 0 Å². The highest BCUT2D eigenvalue weighted by molar-refractivity contribution is 5.86. The average molecular weight is 574 g/mol. The van der Waals surface area contributed by atoms with Crippen molar-refractivity contribution in [1.29, 1.82) is 0 Å². The SMILES string of the molecule is C=C.CC.CC.CC[C@H](N)C(=O)N1CC(CCc2c(O)c(C(F)(F)F)nc3ccc(O)cc23)CC1C.COC=O. The topological polar surface area (TPSA) is 126 Å². The molecule has 1 aliphatic rings. The maximum absolute atomic E-state index is 13.3. The summed E-state index contributed by atoms with van der Waals surface area (Å²) in [5.41, 5.74) is 4.69. The van der Waals surface area contributed by atoms with E-state index in [1.165, 1.54) is 25.3 Å². The van der Waals surface area contributed by atoms with Crippen LogP contribution in [-0.2, 0) is 26.9 Å². The summed E-state index contributed by atoms with van der Waals surface area (Å²) in [7, 11) is 1.31. The number of phenolic OH excluding ortho intramolecular Hbond substituents is 1. The molecule has 1 fully saturated rings. The van der Waals surface area contributed by atoms with Gasteiger partial charge in [0.25, 0.3) is 6.47 Å². The van der Waals surface area contributed by atoms with E-state index in [4.69, 9.17) is 10.5 Å². The summed E-state index contributed by atoms with van der Waals surface area (Å²) >= 11 is 0. The van der Waals surface area contributed by atoms with E-state index in [1.807, 2.05) is 41.5 Å². The second-order valence-electron chi connectivity index (χ2n) is 8.31. The Morgan fingerprint density at radius 2 is 1.80 bits per heavy atom. The predicted octanol–water partition coefficient (Wildman–Crippen LogP) is 6.22. The molecule has 0 spiro atoms. The number of methoxy groups -OCH3 is 1. The Kier molecular flexibility index (Phi) is 19.1. The van der Waals surface area contributed by atoms with Gasteiger partial charge in [-0.25, -0.2) is 4.98 Å². The number of rotatable bonds is 6. The molecule has 3 rings (SSSR count). The maximum Gasteiger partial charge on any atom is 0.437 e. The second kappa shape index (κ2) is 19.7. The number of likely N-dealkylation sites (tertiary alicyclic amines) is 1. The van der Waals surface area contributed by atoms with Crippen molar-refractivity contribution in [3.63, 3.8) is 0 Å². The number of halogens is 3. The van der Waals surface area contributed by atoms with E-state index in [-0.39, 0.29) is 46.5 Å².